The van der Waals surface area contributed by atoms with Gasteiger partial charge >= 0.3 is 0 Å². The molecule has 3 aromatic rings. The van der Waals surface area contributed by atoms with Crippen LogP contribution in [0.1, 0.15) is 29.3 Å². The Morgan fingerprint density at radius 1 is 1.14 bits per heavy atom. The van der Waals surface area contributed by atoms with E-state index in [0.717, 1.165) is 18.6 Å². The highest BCUT2D eigenvalue weighted by atomic mass is 32.1. The minimum absolute atomic E-state index is 0.599. The molecule has 0 saturated carbocycles. The fourth-order valence-corrected chi connectivity index (χ4v) is 4.14. The molecule has 0 amide bonds. The first-order valence-corrected chi connectivity index (χ1v) is 8.72. The van der Waals surface area contributed by atoms with Crippen LogP contribution in [0.4, 0.5) is 0 Å². The molecule has 1 aliphatic heterocycles. The first-order valence-electron chi connectivity index (χ1n) is 7.84. The van der Waals surface area contributed by atoms with E-state index in [2.05, 4.69) is 50.6 Å². The number of likely N-dealkylation sites (tertiary alicyclic amines) is 1. The van der Waals surface area contributed by atoms with Crippen molar-refractivity contribution < 1.29 is 0 Å². The normalized spacial score (nSPS) is 19.5. The Morgan fingerprint density at radius 2 is 2.09 bits per heavy atom. The van der Waals surface area contributed by atoms with Crippen molar-refractivity contribution in [1.29, 1.82) is 0 Å². The van der Waals surface area contributed by atoms with Crippen LogP contribution in [0.5, 0.6) is 0 Å². The maximum atomic E-state index is 4.51. The van der Waals surface area contributed by atoms with E-state index in [9.17, 15) is 0 Å². The highest BCUT2D eigenvalue weighted by Crippen LogP contribution is 2.29. The van der Waals surface area contributed by atoms with Crippen molar-refractivity contribution in [3.63, 3.8) is 0 Å². The lowest BCUT2D eigenvalue weighted by Crippen LogP contribution is -2.33. The van der Waals surface area contributed by atoms with Crippen LogP contribution in [0.25, 0.3) is 10.9 Å². The molecule has 22 heavy (non-hydrogen) atoms. The number of nitrogens with zero attached hydrogens (tertiary/aromatic N) is 3. The van der Waals surface area contributed by atoms with Gasteiger partial charge in [0, 0.05) is 42.2 Å². The summed E-state index contributed by atoms with van der Waals surface area (Å²) in [6.07, 6.45) is 6.38. The predicted molar refractivity (Wildman–Crippen MR) is 91.1 cm³/mol. The molecule has 1 aromatic carbocycles. The second-order valence-electron chi connectivity index (χ2n) is 5.93. The lowest BCUT2D eigenvalue weighted by atomic mass is 9.98. The highest BCUT2D eigenvalue weighted by Gasteiger charge is 2.23. The summed E-state index contributed by atoms with van der Waals surface area (Å²) < 4.78 is 0. The van der Waals surface area contributed by atoms with Crippen molar-refractivity contribution >= 4 is 22.2 Å². The van der Waals surface area contributed by atoms with E-state index in [-0.39, 0.29) is 0 Å². The van der Waals surface area contributed by atoms with Gasteiger partial charge < -0.3 is 0 Å². The molecule has 1 saturated heterocycles. The Labute approximate surface area is 134 Å². The van der Waals surface area contributed by atoms with Crippen LogP contribution in [0, 0.1) is 0 Å². The van der Waals surface area contributed by atoms with Crippen LogP contribution >= 0.6 is 11.3 Å². The Morgan fingerprint density at radius 3 is 3.00 bits per heavy atom. The van der Waals surface area contributed by atoms with E-state index >= 15 is 0 Å². The SMILES string of the molecule is c1ccc2c(CN3CCCC(c4nccs4)C3)ccnc2c1. The zero-order valence-corrected chi connectivity index (χ0v) is 13.3. The van der Waals surface area contributed by atoms with Crippen LogP contribution < -0.4 is 0 Å². The molecule has 1 unspecified atom stereocenters. The lowest BCUT2D eigenvalue weighted by molar-refractivity contribution is 0.200. The van der Waals surface area contributed by atoms with Gasteiger partial charge in [-0.05, 0) is 37.1 Å². The summed E-state index contributed by atoms with van der Waals surface area (Å²) in [7, 11) is 0. The molecule has 112 valence electrons. The molecule has 3 heterocycles. The number of hydrogen-bond donors (Lipinski definition) is 0. The lowest BCUT2D eigenvalue weighted by Gasteiger charge is -2.32. The monoisotopic (exact) mass is 309 g/mol. The van der Waals surface area contributed by atoms with E-state index in [4.69, 9.17) is 0 Å². The van der Waals surface area contributed by atoms with Gasteiger partial charge in [0.25, 0.3) is 0 Å². The van der Waals surface area contributed by atoms with E-state index in [1.54, 1.807) is 11.3 Å². The van der Waals surface area contributed by atoms with Gasteiger partial charge in [-0.1, -0.05) is 18.2 Å². The van der Waals surface area contributed by atoms with Crippen LogP contribution in [0.3, 0.4) is 0 Å². The van der Waals surface area contributed by atoms with Crippen molar-refractivity contribution in [2.75, 3.05) is 13.1 Å². The van der Waals surface area contributed by atoms with Gasteiger partial charge in [0.2, 0.25) is 0 Å². The summed E-state index contributed by atoms with van der Waals surface area (Å²) in [6.45, 7) is 3.30. The summed E-state index contributed by atoms with van der Waals surface area (Å²) in [6, 6.07) is 10.6. The molecule has 0 N–H and O–H groups in total. The second-order valence-corrected chi connectivity index (χ2v) is 6.86. The van der Waals surface area contributed by atoms with Crippen molar-refractivity contribution in [3.05, 3.63) is 58.7 Å². The molecule has 0 radical (unpaired) electrons. The molecular weight excluding hydrogens is 290 g/mol. The topological polar surface area (TPSA) is 29.0 Å². The van der Waals surface area contributed by atoms with Crippen LogP contribution in [-0.4, -0.2) is 28.0 Å². The van der Waals surface area contributed by atoms with Crippen LogP contribution in [-0.2, 0) is 6.54 Å². The van der Waals surface area contributed by atoms with Gasteiger partial charge in [-0.2, -0.15) is 0 Å². The molecular formula is C18H19N3S. The number of thiazole rings is 1. The highest BCUT2D eigenvalue weighted by molar-refractivity contribution is 7.09. The van der Waals surface area contributed by atoms with Crippen molar-refractivity contribution in [3.8, 4) is 0 Å². The zero-order chi connectivity index (χ0) is 14.8. The molecule has 0 bridgehead atoms. The van der Waals surface area contributed by atoms with Gasteiger partial charge in [-0.3, -0.25) is 9.88 Å². The van der Waals surface area contributed by atoms with Crippen molar-refractivity contribution in [2.45, 2.75) is 25.3 Å². The first kappa shape index (κ1) is 13.9. The van der Waals surface area contributed by atoms with E-state index in [1.807, 2.05) is 12.4 Å². The van der Waals surface area contributed by atoms with Gasteiger partial charge in [0.15, 0.2) is 0 Å². The number of para-hydroxylation sites is 1. The predicted octanol–water partition coefficient (Wildman–Crippen LogP) is 4.07. The molecule has 4 heteroatoms. The van der Waals surface area contributed by atoms with Crippen LogP contribution in [0.2, 0.25) is 0 Å². The van der Waals surface area contributed by atoms with Crippen molar-refractivity contribution in [1.82, 2.24) is 14.9 Å². The molecule has 1 fully saturated rings. The van der Waals surface area contributed by atoms with Crippen molar-refractivity contribution in [2.24, 2.45) is 0 Å². The summed E-state index contributed by atoms with van der Waals surface area (Å²) in [5.41, 5.74) is 2.47. The molecule has 2 aromatic heterocycles. The van der Waals surface area contributed by atoms with Gasteiger partial charge in [-0.15, -0.1) is 11.3 Å². The maximum Gasteiger partial charge on any atom is 0.0968 e. The molecule has 1 aliphatic rings. The first-order chi connectivity index (χ1) is 10.9. The third kappa shape index (κ3) is 2.76. The fraction of sp³-hybridized carbons (Fsp3) is 0.333. The average molecular weight is 309 g/mol. The van der Waals surface area contributed by atoms with E-state index < -0.39 is 0 Å². The summed E-state index contributed by atoms with van der Waals surface area (Å²) in [5, 5.41) is 4.66. The summed E-state index contributed by atoms with van der Waals surface area (Å²) in [4.78, 5) is 11.5. The molecule has 3 nitrogen and oxygen atoms in total. The Bertz CT molecular complexity index is 749. The fourth-order valence-electron chi connectivity index (χ4n) is 3.37. The van der Waals surface area contributed by atoms with Gasteiger partial charge in [0.05, 0.1) is 10.5 Å². The second kappa shape index (κ2) is 6.15. The Hall–Kier alpha value is -1.78. The standard InChI is InChI=1S/C18H19N3S/c1-2-6-17-16(5-1)14(7-8-19-17)12-21-10-3-4-15(13-21)18-20-9-11-22-18/h1-2,5-9,11,15H,3-4,10,12-13H2. The number of pyridine rings is 1. The quantitative estimate of drug-likeness (QED) is 0.730. The number of aromatic nitrogens is 2. The number of piperidine rings is 1. The average Bonchev–Trinajstić information content (AvgIpc) is 3.10. The third-order valence-corrected chi connectivity index (χ3v) is 5.38. The number of rotatable bonds is 3. The summed E-state index contributed by atoms with van der Waals surface area (Å²) in [5.74, 6) is 0.599. The smallest absolute Gasteiger partial charge is 0.0968 e. The third-order valence-electron chi connectivity index (χ3n) is 4.44. The minimum atomic E-state index is 0.599. The largest absolute Gasteiger partial charge is 0.298 e. The van der Waals surface area contributed by atoms with Gasteiger partial charge in [-0.25, -0.2) is 4.98 Å². The molecule has 0 spiro atoms. The van der Waals surface area contributed by atoms with E-state index in [1.165, 1.54) is 35.3 Å². The number of hydrogen-bond acceptors (Lipinski definition) is 4. The number of fused-ring (bicyclic) bond motifs is 1. The van der Waals surface area contributed by atoms with E-state index in [0.29, 0.717) is 5.92 Å². The Kier molecular flexibility index (Phi) is 3.87. The summed E-state index contributed by atoms with van der Waals surface area (Å²) >= 11 is 1.79. The molecule has 0 aliphatic carbocycles. The molecule has 4 rings (SSSR count). The Balaban J connectivity index is 1.55. The van der Waals surface area contributed by atoms with Gasteiger partial charge in [0.1, 0.15) is 0 Å². The zero-order valence-electron chi connectivity index (χ0n) is 12.5. The maximum absolute atomic E-state index is 4.51. The minimum Gasteiger partial charge on any atom is -0.298 e. The molecule has 1 atom stereocenters. The van der Waals surface area contributed by atoms with Crippen LogP contribution in [0.15, 0.2) is 48.1 Å². The number of benzene rings is 1.